The van der Waals surface area contributed by atoms with Crippen molar-refractivity contribution in [3.05, 3.63) is 102 Å². The van der Waals surface area contributed by atoms with Gasteiger partial charge in [0.25, 0.3) is 0 Å². The van der Waals surface area contributed by atoms with Crippen LogP contribution >= 0.6 is 0 Å². The van der Waals surface area contributed by atoms with E-state index >= 15 is 0 Å². The molecule has 4 aromatic rings. The maximum absolute atomic E-state index is 12.7. The molecule has 1 amide bonds. The van der Waals surface area contributed by atoms with E-state index in [1.807, 2.05) is 37.3 Å². The van der Waals surface area contributed by atoms with E-state index in [1.165, 1.54) is 16.5 Å². The molecule has 0 saturated heterocycles. The van der Waals surface area contributed by atoms with Crippen molar-refractivity contribution in [1.29, 1.82) is 5.26 Å². The fraction of sp³-hybridized carbons (Fsp3) is 0.154. The predicted octanol–water partition coefficient (Wildman–Crippen LogP) is 4.79. The number of carbonyl (C=O) groups is 1. The van der Waals surface area contributed by atoms with Gasteiger partial charge in [-0.05, 0) is 42.3 Å². The van der Waals surface area contributed by atoms with Gasteiger partial charge in [0.15, 0.2) is 0 Å². The van der Waals surface area contributed by atoms with E-state index in [1.54, 1.807) is 24.3 Å². The molecule has 0 fully saturated rings. The summed E-state index contributed by atoms with van der Waals surface area (Å²) in [5, 5.41) is 16.5. The first-order valence-corrected chi connectivity index (χ1v) is 10.3. The Morgan fingerprint density at radius 2 is 1.81 bits per heavy atom. The lowest BCUT2D eigenvalue weighted by Gasteiger charge is -2.21. The fourth-order valence-corrected chi connectivity index (χ4v) is 3.78. The molecule has 31 heavy (non-hydrogen) atoms. The van der Waals surface area contributed by atoms with E-state index in [4.69, 9.17) is 5.26 Å². The maximum Gasteiger partial charge on any atom is 0.241 e. The molecule has 0 unspecified atom stereocenters. The number of aromatic nitrogens is 1. The normalized spacial score (nSPS) is 12.8. The van der Waals surface area contributed by atoms with Gasteiger partial charge in [-0.15, -0.1) is 0 Å². The molecule has 4 rings (SSSR count). The van der Waals surface area contributed by atoms with Crippen LogP contribution < -0.4 is 10.6 Å². The van der Waals surface area contributed by atoms with Crippen LogP contribution in [-0.4, -0.2) is 23.5 Å². The zero-order valence-electron chi connectivity index (χ0n) is 17.3. The molecule has 0 aliphatic carbocycles. The van der Waals surface area contributed by atoms with Gasteiger partial charge in [0.05, 0.1) is 17.7 Å². The van der Waals surface area contributed by atoms with Crippen LogP contribution in [0.5, 0.6) is 0 Å². The molecule has 5 heteroatoms. The Labute approximate surface area is 181 Å². The van der Waals surface area contributed by atoms with Crippen LogP contribution in [-0.2, 0) is 4.79 Å². The first-order valence-electron chi connectivity index (χ1n) is 10.3. The quantitative estimate of drug-likeness (QED) is 0.411. The third-order valence-electron chi connectivity index (χ3n) is 5.48. The molecule has 1 heterocycles. The smallest absolute Gasteiger partial charge is 0.241 e. The first-order chi connectivity index (χ1) is 15.2. The minimum absolute atomic E-state index is 0.0921. The summed E-state index contributed by atoms with van der Waals surface area (Å²) >= 11 is 0. The van der Waals surface area contributed by atoms with Crippen molar-refractivity contribution < 1.29 is 4.79 Å². The van der Waals surface area contributed by atoms with Crippen molar-refractivity contribution in [2.45, 2.75) is 18.9 Å². The number of benzene rings is 3. The van der Waals surface area contributed by atoms with E-state index in [2.05, 4.69) is 52.1 Å². The predicted molar refractivity (Wildman–Crippen MR) is 124 cm³/mol. The Morgan fingerprint density at radius 3 is 2.61 bits per heavy atom. The largest absolute Gasteiger partial charge is 0.361 e. The van der Waals surface area contributed by atoms with Crippen LogP contribution in [0.2, 0.25) is 0 Å². The molecule has 0 bridgehead atoms. The molecule has 2 atom stereocenters. The lowest BCUT2D eigenvalue weighted by atomic mass is 9.90. The standard InChI is InChI=1S/C26H24N4O/c1-18(26(31)30-21-11-7-8-19(14-21)15-27)28-16-23(20-9-3-2-4-10-20)24-17-29-25-13-6-5-12-22(24)25/h2-14,17-18,23,28-29H,16H2,1H3,(H,30,31)/t18-,23+/m1/s1. The van der Waals surface area contributed by atoms with Crippen LogP contribution in [0.3, 0.4) is 0 Å². The number of rotatable bonds is 7. The Kier molecular flexibility index (Phi) is 6.11. The third kappa shape index (κ3) is 4.66. The summed E-state index contributed by atoms with van der Waals surface area (Å²) in [5.74, 6) is -0.0460. The van der Waals surface area contributed by atoms with Crippen molar-refractivity contribution in [2.24, 2.45) is 0 Å². The van der Waals surface area contributed by atoms with E-state index < -0.39 is 6.04 Å². The van der Waals surface area contributed by atoms with Crippen molar-refractivity contribution in [3.63, 3.8) is 0 Å². The average molecular weight is 409 g/mol. The molecule has 1 aromatic heterocycles. The molecular weight excluding hydrogens is 384 g/mol. The minimum atomic E-state index is -0.401. The molecule has 3 aromatic carbocycles. The fourth-order valence-electron chi connectivity index (χ4n) is 3.78. The Morgan fingerprint density at radius 1 is 1.03 bits per heavy atom. The summed E-state index contributed by atoms with van der Waals surface area (Å²) in [5.41, 5.74) is 4.62. The van der Waals surface area contributed by atoms with Crippen LogP contribution in [0.1, 0.15) is 29.5 Å². The van der Waals surface area contributed by atoms with Crippen molar-refractivity contribution >= 4 is 22.5 Å². The summed E-state index contributed by atoms with van der Waals surface area (Å²) in [6.45, 7) is 2.46. The van der Waals surface area contributed by atoms with Crippen LogP contribution in [0.15, 0.2) is 85.1 Å². The molecule has 154 valence electrons. The highest BCUT2D eigenvalue weighted by Gasteiger charge is 2.20. The number of para-hydroxylation sites is 1. The zero-order valence-corrected chi connectivity index (χ0v) is 17.3. The molecule has 0 spiro atoms. The van der Waals surface area contributed by atoms with Gasteiger partial charge in [-0.25, -0.2) is 0 Å². The highest BCUT2D eigenvalue weighted by atomic mass is 16.2. The van der Waals surface area contributed by atoms with Gasteiger partial charge in [-0.1, -0.05) is 54.6 Å². The van der Waals surface area contributed by atoms with E-state index in [9.17, 15) is 4.79 Å². The number of amides is 1. The average Bonchev–Trinajstić information content (AvgIpc) is 3.24. The number of aromatic amines is 1. The van der Waals surface area contributed by atoms with Gasteiger partial charge in [-0.2, -0.15) is 5.26 Å². The van der Waals surface area contributed by atoms with Gasteiger partial charge in [-0.3, -0.25) is 4.79 Å². The third-order valence-corrected chi connectivity index (χ3v) is 5.48. The second kappa shape index (κ2) is 9.29. The minimum Gasteiger partial charge on any atom is -0.361 e. The summed E-state index contributed by atoms with van der Waals surface area (Å²) in [7, 11) is 0. The second-order valence-electron chi connectivity index (χ2n) is 7.56. The van der Waals surface area contributed by atoms with E-state index in [-0.39, 0.29) is 11.8 Å². The maximum atomic E-state index is 12.7. The molecule has 0 aliphatic rings. The SMILES string of the molecule is C[C@@H](NC[C@@H](c1ccccc1)c1c[nH]c2ccccc12)C(=O)Nc1cccc(C#N)c1. The van der Waals surface area contributed by atoms with Crippen molar-refractivity contribution in [2.75, 3.05) is 11.9 Å². The highest BCUT2D eigenvalue weighted by molar-refractivity contribution is 5.94. The molecule has 0 aliphatic heterocycles. The lowest BCUT2D eigenvalue weighted by molar-refractivity contribution is -0.117. The van der Waals surface area contributed by atoms with E-state index in [0.29, 0.717) is 17.8 Å². The number of nitrogens with one attached hydrogen (secondary N) is 3. The Balaban J connectivity index is 1.51. The van der Waals surface area contributed by atoms with E-state index in [0.717, 1.165) is 5.52 Å². The van der Waals surface area contributed by atoms with Crippen molar-refractivity contribution in [1.82, 2.24) is 10.3 Å². The second-order valence-corrected chi connectivity index (χ2v) is 7.56. The van der Waals surface area contributed by atoms with Gasteiger partial charge < -0.3 is 15.6 Å². The number of hydrogen-bond acceptors (Lipinski definition) is 3. The van der Waals surface area contributed by atoms with Crippen molar-refractivity contribution in [3.8, 4) is 6.07 Å². The van der Waals surface area contributed by atoms with Gasteiger partial charge in [0, 0.05) is 35.2 Å². The molecule has 3 N–H and O–H groups in total. The number of carbonyl (C=O) groups excluding carboxylic acids is 1. The number of nitrogens with zero attached hydrogens (tertiary/aromatic N) is 1. The summed E-state index contributed by atoms with van der Waals surface area (Å²) in [4.78, 5) is 16.1. The monoisotopic (exact) mass is 408 g/mol. The number of fused-ring (bicyclic) bond motifs is 1. The van der Waals surface area contributed by atoms with Gasteiger partial charge >= 0.3 is 0 Å². The van der Waals surface area contributed by atoms with Gasteiger partial charge in [0.1, 0.15) is 0 Å². The van der Waals surface area contributed by atoms with Crippen LogP contribution in [0.25, 0.3) is 10.9 Å². The zero-order chi connectivity index (χ0) is 21.6. The number of hydrogen-bond donors (Lipinski definition) is 3. The summed E-state index contributed by atoms with van der Waals surface area (Å²) < 4.78 is 0. The van der Waals surface area contributed by atoms with Crippen LogP contribution in [0, 0.1) is 11.3 Å². The lowest BCUT2D eigenvalue weighted by Crippen LogP contribution is -2.40. The Bertz CT molecular complexity index is 1220. The molecular formula is C26H24N4O. The number of nitriles is 1. The topological polar surface area (TPSA) is 80.7 Å². The van der Waals surface area contributed by atoms with Gasteiger partial charge in [0.2, 0.25) is 5.91 Å². The summed E-state index contributed by atoms with van der Waals surface area (Å²) in [6.07, 6.45) is 2.06. The first kappa shape index (κ1) is 20.4. The summed E-state index contributed by atoms with van der Waals surface area (Å²) in [6, 6.07) is 27.2. The highest BCUT2D eigenvalue weighted by Crippen LogP contribution is 2.30. The number of H-pyrrole nitrogens is 1. The molecule has 0 saturated carbocycles. The Hall–Kier alpha value is -3.88. The molecule has 0 radical (unpaired) electrons. The molecule has 5 nitrogen and oxygen atoms in total. The van der Waals surface area contributed by atoms with Crippen LogP contribution in [0.4, 0.5) is 5.69 Å². The number of anilines is 1.